The maximum absolute atomic E-state index is 13.6. The molecule has 0 aliphatic rings. The van der Waals surface area contributed by atoms with Crippen molar-refractivity contribution >= 4 is 5.97 Å². The highest BCUT2D eigenvalue weighted by Crippen LogP contribution is 2.33. The summed E-state index contributed by atoms with van der Waals surface area (Å²) in [5, 5.41) is 10.8. The fourth-order valence-electron chi connectivity index (χ4n) is 3.40. The van der Waals surface area contributed by atoms with Crippen molar-refractivity contribution in [3.63, 3.8) is 0 Å². The molecule has 0 spiro atoms. The largest absolute Gasteiger partial charge is 0.494 e. The van der Waals surface area contributed by atoms with E-state index in [1.807, 2.05) is 30.3 Å². The molecule has 1 N–H and O–H groups in total. The summed E-state index contributed by atoms with van der Waals surface area (Å²) in [6.07, 6.45) is 0.530. The minimum absolute atomic E-state index is 0.0619. The molecule has 32 heavy (non-hydrogen) atoms. The second-order valence-electron chi connectivity index (χ2n) is 7.30. The first kappa shape index (κ1) is 23.1. The average Bonchev–Trinajstić information content (AvgIpc) is 2.80. The van der Waals surface area contributed by atoms with Crippen molar-refractivity contribution in [2.75, 3.05) is 6.61 Å². The molecule has 0 fully saturated rings. The van der Waals surface area contributed by atoms with E-state index >= 15 is 0 Å². The molecule has 0 radical (unpaired) electrons. The normalized spacial score (nSPS) is 10.7. The van der Waals surface area contributed by atoms with E-state index in [9.17, 15) is 19.1 Å². The van der Waals surface area contributed by atoms with Crippen molar-refractivity contribution in [2.24, 2.45) is 0 Å². The Balaban J connectivity index is 2.05. The average molecular weight is 439 g/mol. The van der Waals surface area contributed by atoms with Crippen LogP contribution in [0.1, 0.15) is 30.9 Å². The lowest BCUT2D eigenvalue weighted by atomic mass is 10.1. The van der Waals surface area contributed by atoms with Gasteiger partial charge in [-0.2, -0.15) is 0 Å². The highest BCUT2D eigenvalue weighted by atomic mass is 19.1. The number of nitrogens with zero attached hydrogens (tertiary/aromatic N) is 1. The summed E-state index contributed by atoms with van der Waals surface area (Å²) in [5.41, 5.74) is 1.40. The molecule has 0 saturated heterocycles. The van der Waals surface area contributed by atoms with Crippen LogP contribution in [0.15, 0.2) is 59.4 Å². The molecular weight excluding hydrogens is 413 g/mol. The molecule has 0 atom stereocenters. The van der Waals surface area contributed by atoms with E-state index in [4.69, 9.17) is 9.47 Å². The number of hydrogen-bond acceptors (Lipinski definition) is 5. The number of hydrogen-bond donors (Lipinski definition) is 1. The van der Waals surface area contributed by atoms with Crippen LogP contribution < -0.4 is 10.2 Å². The van der Waals surface area contributed by atoms with E-state index in [-0.39, 0.29) is 42.7 Å². The van der Waals surface area contributed by atoms with Gasteiger partial charge in [-0.1, -0.05) is 30.3 Å². The zero-order chi connectivity index (χ0) is 23.1. The first-order chi connectivity index (χ1) is 15.4. The Kier molecular flexibility index (Phi) is 7.65. The lowest BCUT2D eigenvalue weighted by Crippen LogP contribution is -2.19. The lowest BCUT2D eigenvalue weighted by Gasteiger charge is -2.21. The van der Waals surface area contributed by atoms with E-state index in [0.29, 0.717) is 24.3 Å². The van der Waals surface area contributed by atoms with Crippen molar-refractivity contribution in [3.8, 4) is 22.9 Å². The monoisotopic (exact) mass is 439 g/mol. The van der Waals surface area contributed by atoms with Gasteiger partial charge in [-0.05, 0) is 50.1 Å². The quantitative estimate of drug-likeness (QED) is 0.494. The number of aromatic hydroxyl groups is 1. The van der Waals surface area contributed by atoms with E-state index in [0.717, 1.165) is 5.56 Å². The van der Waals surface area contributed by atoms with Crippen LogP contribution in [-0.4, -0.2) is 22.2 Å². The minimum Gasteiger partial charge on any atom is -0.494 e. The smallest absolute Gasteiger partial charge is 0.305 e. The van der Waals surface area contributed by atoms with Crippen molar-refractivity contribution < 1.29 is 23.8 Å². The predicted octanol–water partition coefficient (Wildman–Crippen LogP) is 4.59. The maximum Gasteiger partial charge on any atom is 0.305 e. The molecule has 1 heterocycles. The molecule has 7 heteroatoms. The van der Waals surface area contributed by atoms with Crippen molar-refractivity contribution in [3.05, 3.63) is 81.8 Å². The third-order valence-electron chi connectivity index (χ3n) is 5.03. The van der Waals surface area contributed by atoms with Crippen molar-refractivity contribution in [2.45, 2.75) is 39.8 Å². The number of esters is 1. The standard InChI is InChI=1S/C25H26FNO5/c1-3-31-21(28)10-7-15-27-22(19-11-13-20(26)14-12-19)24(23(29)17(2)25(27)30)32-16-18-8-5-4-6-9-18/h4-6,8-9,11-14,30H,3,7,10,15-16H2,1-2H3. The summed E-state index contributed by atoms with van der Waals surface area (Å²) >= 11 is 0. The number of halogens is 1. The molecule has 168 valence electrons. The van der Waals surface area contributed by atoms with E-state index in [1.165, 1.54) is 35.8 Å². The van der Waals surface area contributed by atoms with Gasteiger partial charge in [-0.15, -0.1) is 0 Å². The zero-order valence-electron chi connectivity index (χ0n) is 18.1. The topological polar surface area (TPSA) is 77.8 Å². The molecule has 2 aromatic carbocycles. The van der Waals surface area contributed by atoms with Gasteiger partial charge in [0.1, 0.15) is 12.4 Å². The Morgan fingerprint density at radius 2 is 1.78 bits per heavy atom. The Morgan fingerprint density at radius 1 is 1.09 bits per heavy atom. The number of benzene rings is 2. The minimum atomic E-state index is -0.445. The first-order valence-corrected chi connectivity index (χ1v) is 10.5. The van der Waals surface area contributed by atoms with Crippen LogP contribution in [0.5, 0.6) is 11.6 Å². The van der Waals surface area contributed by atoms with Gasteiger partial charge >= 0.3 is 5.97 Å². The van der Waals surface area contributed by atoms with Gasteiger partial charge < -0.3 is 19.1 Å². The van der Waals surface area contributed by atoms with Gasteiger partial charge in [0.2, 0.25) is 5.43 Å². The molecule has 0 aliphatic carbocycles. The summed E-state index contributed by atoms with van der Waals surface area (Å²) in [6, 6.07) is 15.0. The van der Waals surface area contributed by atoms with E-state index < -0.39 is 11.2 Å². The second-order valence-corrected chi connectivity index (χ2v) is 7.30. The highest BCUT2D eigenvalue weighted by molar-refractivity contribution is 5.70. The lowest BCUT2D eigenvalue weighted by molar-refractivity contribution is -0.143. The molecule has 3 rings (SSSR count). The number of ether oxygens (including phenoxy) is 2. The zero-order valence-corrected chi connectivity index (χ0v) is 18.1. The van der Waals surface area contributed by atoms with Gasteiger partial charge in [-0.25, -0.2) is 4.39 Å². The molecule has 0 bridgehead atoms. The molecule has 0 amide bonds. The number of carbonyl (C=O) groups excluding carboxylic acids is 1. The Hall–Kier alpha value is -3.61. The Labute approximate surface area is 185 Å². The summed E-state index contributed by atoms with van der Waals surface area (Å²) in [4.78, 5) is 24.8. The Morgan fingerprint density at radius 3 is 2.44 bits per heavy atom. The SMILES string of the molecule is CCOC(=O)CCCn1c(O)c(C)c(=O)c(OCc2ccccc2)c1-c1ccc(F)cc1. The number of pyridine rings is 1. The maximum atomic E-state index is 13.6. The molecule has 3 aromatic rings. The Bertz CT molecular complexity index is 1120. The van der Waals surface area contributed by atoms with Gasteiger partial charge in [0.25, 0.3) is 0 Å². The molecule has 0 aliphatic heterocycles. The van der Waals surface area contributed by atoms with Crippen LogP contribution in [0.2, 0.25) is 0 Å². The predicted molar refractivity (Wildman–Crippen MR) is 119 cm³/mol. The molecule has 1 aromatic heterocycles. The number of rotatable bonds is 9. The highest BCUT2D eigenvalue weighted by Gasteiger charge is 2.22. The van der Waals surface area contributed by atoms with Crippen LogP contribution in [0.4, 0.5) is 4.39 Å². The van der Waals surface area contributed by atoms with Crippen LogP contribution in [0, 0.1) is 12.7 Å². The van der Waals surface area contributed by atoms with Crippen molar-refractivity contribution in [1.82, 2.24) is 4.57 Å². The number of aromatic nitrogens is 1. The van der Waals surface area contributed by atoms with Gasteiger partial charge in [0, 0.05) is 18.5 Å². The van der Waals surface area contributed by atoms with Crippen LogP contribution in [0.3, 0.4) is 0 Å². The number of carbonyl (C=O) groups is 1. The van der Waals surface area contributed by atoms with Gasteiger partial charge in [0.15, 0.2) is 11.6 Å². The first-order valence-electron chi connectivity index (χ1n) is 10.5. The van der Waals surface area contributed by atoms with E-state index in [1.54, 1.807) is 6.92 Å². The summed E-state index contributed by atoms with van der Waals surface area (Å²) in [6.45, 7) is 3.93. The summed E-state index contributed by atoms with van der Waals surface area (Å²) in [7, 11) is 0. The second kappa shape index (κ2) is 10.6. The fraction of sp³-hybridized carbons (Fsp3) is 0.280. The van der Waals surface area contributed by atoms with Gasteiger partial charge in [-0.3, -0.25) is 9.59 Å². The molecule has 6 nitrogen and oxygen atoms in total. The fourth-order valence-corrected chi connectivity index (χ4v) is 3.40. The third-order valence-corrected chi connectivity index (χ3v) is 5.03. The molecular formula is C25H26FNO5. The van der Waals surface area contributed by atoms with Gasteiger partial charge in [0.05, 0.1) is 17.9 Å². The molecule has 0 saturated carbocycles. The van der Waals surface area contributed by atoms with Crippen LogP contribution >= 0.6 is 0 Å². The van der Waals surface area contributed by atoms with Crippen molar-refractivity contribution in [1.29, 1.82) is 0 Å². The summed E-state index contributed by atoms with van der Waals surface area (Å²) < 4.78 is 26.0. The summed E-state index contributed by atoms with van der Waals surface area (Å²) in [5.74, 6) is -0.918. The molecule has 0 unspecified atom stereocenters. The third kappa shape index (κ3) is 5.35. The van der Waals surface area contributed by atoms with Crippen LogP contribution in [0.25, 0.3) is 11.3 Å². The van der Waals surface area contributed by atoms with E-state index in [2.05, 4.69) is 0 Å². The van der Waals surface area contributed by atoms with Crippen LogP contribution in [-0.2, 0) is 22.7 Å².